The molecule has 0 amide bonds. The SMILES string of the molecule is CC(Nc1cc(C(=O)O)cc(S(N)(=O)=O)c1Oc1ccccc1)c1ccccc1. The van der Waals surface area contributed by atoms with E-state index < -0.39 is 20.9 Å². The number of para-hydroxylation sites is 1. The minimum atomic E-state index is -4.26. The molecule has 0 saturated carbocycles. The highest BCUT2D eigenvalue weighted by Gasteiger charge is 2.24. The number of carboxylic acid groups (broad SMARTS) is 1. The molecule has 3 aromatic carbocycles. The van der Waals surface area contributed by atoms with Gasteiger partial charge < -0.3 is 15.2 Å². The van der Waals surface area contributed by atoms with Crippen molar-refractivity contribution in [3.63, 3.8) is 0 Å². The molecule has 150 valence electrons. The molecule has 3 aromatic rings. The van der Waals surface area contributed by atoms with Gasteiger partial charge in [0, 0.05) is 6.04 Å². The topological polar surface area (TPSA) is 119 Å². The number of benzene rings is 3. The van der Waals surface area contributed by atoms with Crippen LogP contribution in [0.3, 0.4) is 0 Å². The molecule has 3 rings (SSSR count). The van der Waals surface area contributed by atoms with Gasteiger partial charge >= 0.3 is 5.97 Å². The third-order valence-corrected chi connectivity index (χ3v) is 5.16. The molecule has 0 bridgehead atoms. The van der Waals surface area contributed by atoms with Crippen molar-refractivity contribution < 1.29 is 23.1 Å². The van der Waals surface area contributed by atoms with Crippen molar-refractivity contribution in [2.45, 2.75) is 17.9 Å². The summed E-state index contributed by atoms with van der Waals surface area (Å²) < 4.78 is 30.2. The smallest absolute Gasteiger partial charge is 0.335 e. The summed E-state index contributed by atoms with van der Waals surface area (Å²) in [5.41, 5.74) is 0.905. The summed E-state index contributed by atoms with van der Waals surface area (Å²) in [6.07, 6.45) is 0. The summed E-state index contributed by atoms with van der Waals surface area (Å²) in [7, 11) is -4.26. The van der Waals surface area contributed by atoms with Crippen LogP contribution in [0.15, 0.2) is 77.7 Å². The van der Waals surface area contributed by atoms with Crippen molar-refractivity contribution in [2.24, 2.45) is 5.14 Å². The number of nitrogens with one attached hydrogen (secondary N) is 1. The number of aromatic carboxylic acids is 1. The molecule has 0 spiro atoms. The van der Waals surface area contributed by atoms with Crippen LogP contribution in [-0.4, -0.2) is 19.5 Å². The van der Waals surface area contributed by atoms with E-state index in [0.717, 1.165) is 11.6 Å². The minimum Gasteiger partial charge on any atom is -0.478 e. The maximum absolute atomic E-state index is 12.2. The summed E-state index contributed by atoms with van der Waals surface area (Å²) in [6, 6.07) is 20.1. The first kappa shape index (κ1) is 20.4. The number of hydrogen-bond donors (Lipinski definition) is 3. The Bertz CT molecular complexity index is 1120. The van der Waals surface area contributed by atoms with E-state index >= 15 is 0 Å². The molecule has 4 N–H and O–H groups in total. The van der Waals surface area contributed by atoms with Crippen molar-refractivity contribution in [3.8, 4) is 11.5 Å². The number of rotatable bonds is 7. The first-order valence-electron chi connectivity index (χ1n) is 8.74. The minimum absolute atomic E-state index is 0.0634. The average molecular weight is 412 g/mol. The van der Waals surface area contributed by atoms with Gasteiger partial charge in [-0.1, -0.05) is 48.5 Å². The number of primary sulfonamides is 1. The molecule has 0 aliphatic heterocycles. The Morgan fingerprint density at radius 2 is 1.62 bits per heavy atom. The fourth-order valence-corrected chi connectivity index (χ4v) is 3.52. The van der Waals surface area contributed by atoms with Crippen molar-refractivity contribution in [1.82, 2.24) is 0 Å². The molecule has 0 heterocycles. The molecule has 0 aliphatic rings. The number of ether oxygens (including phenoxy) is 1. The predicted molar refractivity (Wildman–Crippen MR) is 110 cm³/mol. The number of carbonyl (C=O) groups is 1. The zero-order chi connectivity index (χ0) is 21.0. The number of sulfonamides is 1. The van der Waals surface area contributed by atoms with E-state index in [9.17, 15) is 18.3 Å². The van der Waals surface area contributed by atoms with Crippen LogP contribution in [0.4, 0.5) is 5.69 Å². The second-order valence-electron chi connectivity index (χ2n) is 6.39. The normalized spacial score (nSPS) is 12.2. The highest BCUT2D eigenvalue weighted by atomic mass is 32.2. The summed E-state index contributed by atoms with van der Waals surface area (Å²) in [5.74, 6) is -0.959. The van der Waals surface area contributed by atoms with Gasteiger partial charge in [-0.2, -0.15) is 0 Å². The molecule has 7 nitrogen and oxygen atoms in total. The number of carboxylic acids is 1. The van der Waals surface area contributed by atoms with Crippen LogP contribution in [-0.2, 0) is 10.0 Å². The Morgan fingerprint density at radius 3 is 2.17 bits per heavy atom. The highest BCUT2D eigenvalue weighted by molar-refractivity contribution is 7.89. The maximum atomic E-state index is 12.2. The van der Waals surface area contributed by atoms with Crippen LogP contribution >= 0.6 is 0 Å². The Kier molecular flexibility index (Phi) is 5.86. The molecule has 1 atom stereocenters. The van der Waals surface area contributed by atoms with E-state index in [1.165, 1.54) is 6.07 Å². The lowest BCUT2D eigenvalue weighted by Crippen LogP contribution is -2.16. The molecule has 0 aliphatic carbocycles. The maximum Gasteiger partial charge on any atom is 0.335 e. The molecule has 8 heteroatoms. The van der Waals surface area contributed by atoms with E-state index in [1.807, 2.05) is 37.3 Å². The average Bonchev–Trinajstić information content (AvgIpc) is 2.69. The molecule has 0 saturated heterocycles. The van der Waals surface area contributed by atoms with Gasteiger partial charge in [0.2, 0.25) is 10.0 Å². The number of hydrogen-bond acceptors (Lipinski definition) is 5. The third kappa shape index (κ3) is 4.92. The molecule has 0 fully saturated rings. The molecular formula is C21H20N2O5S. The Balaban J connectivity index is 2.15. The molecular weight excluding hydrogens is 392 g/mol. The second-order valence-corrected chi connectivity index (χ2v) is 7.92. The summed E-state index contributed by atoms with van der Waals surface area (Å²) in [5, 5.41) is 17.9. The zero-order valence-electron chi connectivity index (χ0n) is 15.6. The van der Waals surface area contributed by atoms with Gasteiger partial charge in [-0.25, -0.2) is 18.4 Å². The van der Waals surface area contributed by atoms with E-state index in [-0.39, 0.29) is 23.0 Å². The molecule has 0 aromatic heterocycles. The number of nitrogens with two attached hydrogens (primary N) is 1. The van der Waals surface area contributed by atoms with Crippen LogP contribution in [0.2, 0.25) is 0 Å². The van der Waals surface area contributed by atoms with Crippen molar-refractivity contribution in [3.05, 3.63) is 83.9 Å². The summed E-state index contributed by atoms with van der Waals surface area (Å²) >= 11 is 0. The quantitative estimate of drug-likeness (QED) is 0.540. The fraction of sp³-hybridized carbons (Fsp3) is 0.0952. The lowest BCUT2D eigenvalue weighted by Gasteiger charge is -2.21. The van der Waals surface area contributed by atoms with Gasteiger partial charge in [0.1, 0.15) is 10.6 Å². The zero-order valence-corrected chi connectivity index (χ0v) is 16.4. The van der Waals surface area contributed by atoms with Crippen LogP contribution in [0.1, 0.15) is 28.9 Å². The first-order valence-corrected chi connectivity index (χ1v) is 10.3. The van der Waals surface area contributed by atoms with E-state index in [1.54, 1.807) is 30.3 Å². The van der Waals surface area contributed by atoms with Crippen molar-refractivity contribution in [2.75, 3.05) is 5.32 Å². The molecule has 29 heavy (non-hydrogen) atoms. The lowest BCUT2D eigenvalue weighted by atomic mass is 10.1. The van der Waals surface area contributed by atoms with Gasteiger partial charge in [0.15, 0.2) is 5.75 Å². The standard InChI is InChI=1S/C21H20N2O5S/c1-14(15-8-4-2-5-9-15)23-18-12-16(21(24)25)13-19(29(22,26)27)20(18)28-17-10-6-3-7-11-17/h2-14,23H,1H3,(H,24,25)(H2,22,26,27). The number of anilines is 1. The molecule has 1 unspecified atom stereocenters. The van der Waals surface area contributed by atoms with E-state index in [0.29, 0.717) is 5.75 Å². The fourth-order valence-electron chi connectivity index (χ4n) is 2.81. The lowest BCUT2D eigenvalue weighted by molar-refractivity contribution is 0.0696. The monoisotopic (exact) mass is 412 g/mol. The van der Waals surface area contributed by atoms with Crippen LogP contribution in [0.25, 0.3) is 0 Å². The summed E-state index contributed by atoms with van der Waals surface area (Å²) in [4.78, 5) is 11.1. The second kappa shape index (κ2) is 8.34. The molecule has 0 radical (unpaired) electrons. The van der Waals surface area contributed by atoms with E-state index in [2.05, 4.69) is 5.32 Å². The largest absolute Gasteiger partial charge is 0.478 e. The van der Waals surface area contributed by atoms with Gasteiger partial charge in [0.05, 0.1) is 11.3 Å². The Morgan fingerprint density at radius 1 is 1.03 bits per heavy atom. The van der Waals surface area contributed by atoms with Crippen LogP contribution in [0.5, 0.6) is 11.5 Å². The van der Waals surface area contributed by atoms with E-state index in [4.69, 9.17) is 9.88 Å². The van der Waals surface area contributed by atoms with Crippen LogP contribution < -0.4 is 15.2 Å². The Hall–Kier alpha value is -3.36. The third-order valence-electron chi connectivity index (χ3n) is 4.24. The predicted octanol–water partition coefficient (Wildman–Crippen LogP) is 4.00. The van der Waals surface area contributed by atoms with Gasteiger partial charge in [-0.15, -0.1) is 0 Å². The van der Waals surface area contributed by atoms with Crippen molar-refractivity contribution >= 4 is 21.7 Å². The van der Waals surface area contributed by atoms with Gasteiger partial charge in [0.25, 0.3) is 0 Å². The van der Waals surface area contributed by atoms with Gasteiger partial charge in [-0.3, -0.25) is 0 Å². The highest BCUT2D eigenvalue weighted by Crippen LogP contribution is 2.38. The summed E-state index contributed by atoms with van der Waals surface area (Å²) in [6.45, 7) is 1.87. The van der Waals surface area contributed by atoms with Crippen LogP contribution in [0, 0.1) is 0 Å². The first-order chi connectivity index (χ1) is 13.8. The van der Waals surface area contributed by atoms with Gasteiger partial charge in [-0.05, 0) is 36.8 Å². The van der Waals surface area contributed by atoms with Crippen molar-refractivity contribution in [1.29, 1.82) is 0 Å². The Labute approximate surface area is 168 Å².